The monoisotopic (exact) mass is 388 g/mol. The fraction of sp³-hybridized carbons (Fsp3) is 0.111. The van der Waals surface area contributed by atoms with Crippen molar-refractivity contribution in [2.75, 3.05) is 16.7 Å². The molecule has 0 aliphatic carbocycles. The minimum Gasteiger partial charge on any atom is -0.354 e. The van der Waals surface area contributed by atoms with Crippen molar-refractivity contribution in [3.05, 3.63) is 77.3 Å². The molecule has 0 bridgehead atoms. The maximum atomic E-state index is 12.4. The van der Waals surface area contributed by atoms with E-state index < -0.39 is 10.0 Å². The molecule has 0 amide bonds. The van der Waals surface area contributed by atoms with Gasteiger partial charge in [0.25, 0.3) is 10.0 Å². The fourth-order valence-electron chi connectivity index (χ4n) is 2.35. The van der Waals surface area contributed by atoms with E-state index in [0.29, 0.717) is 17.4 Å². The lowest BCUT2D eigenvalue weighted by Gasteiger charge is -2.17. The number of anilines is 2. The summed E-state index contributed by atoms with van der Waals surface area (Å²) >= 11 is 5.85. The zero-order valence-corrected chi connectivity index (χ0v) is 15.6. The normalized spacial score (nSPS) is 11.2. The summed E-state index contributed by atoms with van der Waals surface area (Å²) in [6.07, 6.45) is 0. The number of sulfonamides is 1. The molecule has 134 valence electrons. The highest BCUT2D eigenvalue weighted by atomic mass is 35.5. The first-order valence-electron chi connectivity index (χ1n) is 7.81. The molecule has 0 atom stereocenters. The summed E-state index contributed by atoms with van der Waals surface area (Å²) in [6.45, 7) is 0.670. The van der Waals surface area contributed by atoms with Gasteiger partial charge in [-0.1, -0.05) is 48.0 Å². The lowest BCUT2D eigenvalue weighted by atomic mass is 10.2. The van der Waals surface area contributed by atoms with Crippen molar-refractivity contribution in [2.45, 2.75) is 11.4 Å². The van der Waals surface area contributed by atoms with Crippen LogP contribution in [0.5, 0.6) is 0 Å². The molecular formula is C18H17ClN4O2S. The largest absolute Gasteiger partial charge is 0.354 e. The van der Waals surface area contributed by atoms with Crippen LogP contribution in [0.2, 0.25) is 5.02 Å². The minimum atomic E-state index is -3.77. The summed E-state index contributed by atoms with van der Waals surface area (Å²) in [6, 6.07) is 19.3. The van der Waals surface area contributed by atoms with Gasteiger partial charge >= 0.3 is 0 Å². The molecule has 3 aromatic rings. The summed E-state index contributed by atoms with van der Waals surface area (Å²) in [5, 5.41) is 8.40. The van der Waals surface area contributed by atoms with E-state index in [-0.39, 0.29) is 10.7 Å². The smallest absolute Gasteiger partial charge is 0.263 e. The van der Waals surface area contributed by atoms with Crippen LogP contribution in [0.4, 0.5) is 11.6 Å². The lowest BCUT2D eigenvalue weighted by Crippen LogP contribution is -2.19. The van der Waals surface area contributed by atoms with Crippen molar-refractivity contribution >= 4 is 33.3 Å². The molecule has 6 nitrogen and oxygen atoms in total. The van der Waals surface area contributed by atoms with Gasteiger partial charge in [0.15, 0.2) is 11.6 Å². The van der Waals surface area contributed by atoms with Crippen molar-refractivity contribution in [3.8, 4) is 0 Å². The molecule has 8 heteroatoms. The number of nitrogens with one attached hydrogen (secondary N) is 1. The van der Waals surface area contributed by atoms with Crippen LogP contribution >= 0.6 is 11.6 Å². The van der Waals surface area contributed by atoms with Gasteiger partial charge in [-0.2, -0.15) is 0 Å². The van der Waals surface area contributed by atoms with Gasteiger partial charge in [-0.3, -0.25) is 4.72 Å². The molecule has 0 spiro atoms. The lowest BCUT2D eigenvalue weighted by molar-refractivity contribution is 0.601. The Hall–Kier alpha value is -2.64. The van der Waals surface area contributed by atoms with Crippen molar-refractivity contribution in [1.82, 2.24) is 10.2 Å². The summed E-state index contributed by atoms with van der Waals surface area (Å²) in [5.74, 6) is 0.779. The zero-order chi connectivity index (χ0) is 18.6. The molecule has 26 heavy (non-hydrogen) atoms. The SMILES string of the molecule is CN(Cc1ccccc1)c1ccc(NS(=O)(=O)c2cccc(Cl)c2)nn1. The molecule has 0 fully saturated rings. The second kappa shape index (κ2) is 7.72. The third kappa shape index (κ3) is 4.50. The van der Waals surface area contributed by atoms with Crippen LogP contribution in [0.25, 0.3) is 0 Å². The Bertz CT molecular complexity index is 980. The predicted molar refractivity (Wildman–Crippen MR) is 103 cm³/mol. The van der Waals surface area contributed by atoms with Gasteiger partial charge in [0.05, 0.1) is 4.90 Å². The molecule has 0 aliphatic heterocycles. The fourth-order valence-corrected chi connectivity index (χ4v) is 3.65. The number of rotatable bonds is 6. The van der Waals surface area contributed by atoms with Crippen molar-refractivity contribution in [1.29, 1.82) is 0 Å². The van der Waals surface area contributed by atoms with Crippen LogP contribution in [-0.2, 0) is 16.6 Å². The Labute approximate surface area is 157 Å². The van der Waals surface area contributed by atoms with Gasteiger partial charge in [-0.05, 0) is 35.9 Å². The Morgan fingerprint density at radius 3 is 2.42 bits per heavy atom. The second-order valence-corrected chi connectivity index (χ2v) is 7.80. The zero-order valence-electron chi connectivity index (χ0n) is 14.0. The summed E-state index contributed by atoms with van der Waals surface area (Å²) in [5.41, 5.74) is 1.14. The van der Waals surface area contributed by atoms with Crippen LogP contribution in [0.15, 0.2) is 71.6 Å². The standard InChI is InChI=1S/C18H17ClN4O2S/c1-23(13-14-6-3-2-4-7-14)18-11-10-17(20-21-18)22-26(24,25)16-9-5-8-15(19)12-16/h2-12H,13H2,1H3,(H,20,22). The molecule has 1 N–H and O–H groups in total. The van der Waals surface area contributed by atoms with Gasteiger partial charge in [-0.15, -0.1) is 10.2 Å². The highest BCUT2D eigenvalue weighted by Gasteiger charge is 2.15. The average molecular weight is 389 g/mol. The number of halogens is 1. The predicted octanol–water partition coefficient (Wildman–Crippen LogP) is 3.57. The van der Waals surface area contributed by atoms with Gasteiger partial charge < -0.3 is 4.90 Å². The Balaban J connectivity index is 1.71. The first-order chi connectivity index (χ1) is 12.4. The number of hydrogen-bond donors (Lipinski definition) is 1. The van der Waals surface area contributed by atoms with Crippen LogP contribution in [0, 0.1) is 0 Å². The van der Waals surface area contributed by atoms with E-state index >= 15 is 0 Å². The molecule has 2 aromatic carbocycles. The van der Waals surface area contributed by atoms with E-state index in [1.807, 2.05) is 42.3 Å². The molecule has 3 rings (SSSR count). The third-order valence-corrected chi connectivity index (χ3v) is 5.24. The number of hydrogen-bond acceptors (Lipinski definition) is 5. The third-order valence-electron chi connectivity index (χ3n) is 3.65. The van der Waals surface area contributed by atoms with Gasteiger partial charge in [-0.25, -0.2) is 8.42 Å². The van der Waals surface area contributed by atoms with Crippen molar-refractivity contribution in [3.63, 3.8) is 0 Å². The number of nitrogens with zero attached hydrogens (tertiary/aromatic N) is 3. The van der Waals surface area contributed by atoms with E-state index in [9.17, 15) is 8.42 Å². The highest BCUT2D eigenvalue weighted by Crippen LogP contribution is 2.19. The van der Waals surface area contributed by atoms with E-state index in [0.717, 1.165) is 5.56 Å². The Kier molecular flexibility index (Phi) is 5.39. The molecule has 1 heterocycles. The quantitative estimate of drug-likeness (QED) is 0.698. The molecule has 0 aliphatic rings. The Morgan fingerprint density at radius 2 is 1.77 bits per heavy atom. The Morgan fingerprint density at radius 1 is 1.00 bits per heavy atom. The molecular weight excluding hydrogens is 372 g/mol. The summed E-state index contributed by atoms with van der Waals surface area (Å²) in [4.78, 5) is 1.99. The maximum absolute atomic E-state index is 12.4. The minimum absolute atomic E-state index is 0.0667. The van der Waals surface area contributed by atoms with Crippen LogP contribution in [0.1, 0.15) is 5.56 Å². The van der Waals surface area contributed by atoms with E-state index in [1.165, 1.54) is 12.1 Å². The van der Waals surface area contributed by atoms with E-state index in [2.05, 4.69) is 14.9 Å². The molecule has 0 radical (unpaired) electrons. The first-order valence-corrected chi connectivity index (χ1v) is 9.67. The molecule has 0 saturated heterocycles. The van der Waals surface area contributed by atoms with Gasteiger partial charge in [0.2, 0.25) is 0 Å². The summed E-state index contributed by atoms with van der Waals surface area (Å²) < 4.78 is 27.1. The average Bonchev–Trinajstić information content (AvgIpc) is 2.63. The van der Waals surface area contributed by atoms with Crippen LogP contribution in [0.3, 0.4) is 0 Å². The topological polar surface area (TPSA) is 75.2 Å². The number of aromatic nitrogens is 2. The molecule has 1 aromatic heterocycles. The second-order valence-electron chi connectivity index (χ2n) is 5.68. The first kappa shape index (κ1) is 18.2. The van der Waals surface area contributed by atoms with Crippen LogP contribution < -0.4 is 9.62 Å². The molecule has 0 unspecified atom stereocenters. The maximum Gasteiger partial charge on any atom is 0.263 e. The molecule has 0 saturated carbocycles. The van der Waals surface area contributed by atoms with Crippen molar-refractivity contribution in [2.24, 2.45) is 0 Å². The van der Waals surface area contributed by atoms with Gasteiger partial charge in [0, 0.05) is 18.6 Å². The van der Waals surface area contributed by atoms with E-state index in [4.69, 9.17) is 11.6 Å². The van der Waals surface area contributed by atoms with Crippen LogP contribution in [-0.4, -0.2) is 25.7 Å². The highest BCUT2D eigenvalue weighted by molar-refractivity contribution is 7.92. The summed E-state index contributed by atoms with van der Waals surface area (Å²) in [7, 11) is -1.87. The van der Waals surface area contributed by atoms with Crippen molar-refractivity contribution < 1.29 is 8.42 Å². The van der Waals surface area contributed by atoms with E-state index in [1.54, 1.807) is 24.3 Å². The number of benzene rings is 2. The van der Waals surface area contributed by atoms with Gasteiger partial charge in [0.1, 0.15) is 0 Å².